The minimum Gasteiger partial charge on any atom is -0.376 e. The smallest absolute Gasteiger partial charge is 0.376 e. The van der Waals surface area contributed by atoms with E-state index in [9.17, 15) is 70.7 Å². The van der Waals surface area contributed by atoms with Gasteiger partial charge in [0.1, 0.15) is 0 Å². The van der Waals surface area contributed by atoms with Crippen molar-refractivity contribution in [2.45, 2.75) is 62.9 Å². The lowest BCUT2D eigenvalue weighted by Crippen LogP contribution is -2.64. The molecule has 0 fully saturated rings. The summed E-state index contributed by atoms with van der Waals surface area (Å²) in [4.78, 5) is 11.0. The van der Waals surface area contributed by atoms with Gasteiger partial charge in [0.15, 0.2) is 0 Å². The number of alkyl halides is 15. The van der Waals surface area contributed by atoms with Crippen molar-refractivity contribution in [3.8, 4) is 0 Å². The van der Waals surface area contributed by atoms with Gasteiger partial charge in [-0.25, -0.2) is 9.47 Å². The summed E-state index contributed by atoms with van der Waals surface area (Å²) in [5.74, 6) is -19.3. The lowest BCUT2D eigenvalue weighted by Gasteiger charge is -2.36. The molecule has 186 valence electrons. The number of carbonyl (C=O) groups excluding carboxylic acids is 1. The van der Waals surface area contributed by atoms with Crippen LogP contribution in [0, 0.1) is 5.92 Å². The first kappa shape index (κ1) is 29.3. The molecule has 19 heteroatoms. The number of esters is 1. The second kappa shape index (κ2) is 8.36. The standard InChI is InChI=1S/C12H9F15O4/c1-3-4(2)5(28)29-12(26,27)31-11(24,25)10(22,23)30-9(20,21)7(15,16)6(13,14)8(17,18)19/h4H,3H2,1-2H3. The van der Waals surface area contributed by atoms with E-state index in [2.05, 4.69) is 4.74 Å². The second-order valence-electron chi connectivity index (χ2n) is 5.59. The van der Waals surface area contributed by atoms with Crippen LogP contribution in [0.15, 0.2) is 0 Å². The van der Waals surface area contributed by atoms with Gasteiger partial charge in [-0.2, -0.15) is 57.1 Å². The predicted octanol–water partition coefficient (Wildman–Crippen LogP) is 5.77. The maximum absolute atomic E-state index is 13.1. The molecule has 0 N–H and O–H groups in total. The minimum atomic E-state index is -7.94. The SMILES string of the molecule is CCC(C)C(=O)OC(F)(F)OC(F)(F)C(F)(F)OC(F)(F)C(F)(F)C(F)(F)C(F)(F)F. The van der Waals surface area contributed by atoms with Crippen molar-refractivity contribution >= 4 is 5.97 Å². The molecule has 0 aliphatic rings. The lowest BCUT2D eigenvalue weighted by atomic mass is 10.1. The maximum Gasteiger partial charge on any atom is 0.542 e. The van der Waals surface area contributed by atoms with Gasteiger partial charge in [0.2, 0.25) is 0 Å². The Morgan fingerprint density at radius 2 is 1.06 bits per heavy atom. The Morgan fingerprint density at radius 3 is 1.42 bits per heavy atom. The van der Waals surface area contributed by atoms with Crippen LogP contribution in [0.3, 0.4) is 0 Å². The largest absolute Gasteiger partial charge is 0.542 e. The van der Waals surface area contributed by atoms with Crippen LogP contribution in [0.1, 0.15) is 20.3 Å². The third-order valence-corrected chi connectivity index (χ3v) is 3.19. The van der Waals surface area contributed by atoms with E-state index in [1.165, 1.54) is 11.7 Å². The molecule has 0 heterocycles. The molecule has 0 aliphatic carbocycles. The van der Waals surface area contributed by atoms with Gasteiger partial charge in [0.25, 0.3) is 0 Å². The normalized spacial score (nSPS) is 16.3. The van der Waals surface area contributed by atoms with E-state index in [0.29, 0.717) is 0 Å². The molecule has 0 aliphatic heterocycles. The molecule has 0 saturated carbocycles. The van der Waals surface area contributed by atoms with Crippen molar-refractivity contribution < 1.29 is 84.9 Å². The Morgan fingerprint density at radius 1 is 0.677 bits per heavy atom. The Kier molecular flexibility index (Phi) is 7.91. The summed E-state index contributed by atoms with van der Waals surface area (Å²) >= 11 is 0. The van der Waals surface area contributed by atoms with Gasteiger partial charge >= 0.3 is 48.6 Å². The first-order chi connectivity index (χ1) is 13.3. The molecule has 0 spiro atoms. The molecule has 0 aromatic carbocycles. The van der Waals surface area contributed by atoms with E-state index >= 15 is 0 Å². The Hall–Kier alpha value is -1.66. The average molecular weight is 502 g/mol. The van der Waals surface area contributed by atoms with Crippen LogP contribution in [0.25, 0.3) is 0 Å². The summed E-state index contributed by atoms with van der Waals surface area (Å²) in [6.07, 6.45) is -36.1. The predicted molar refractivity (Wildman–Crippen MR) is 63.5 cm³/mol. The van der Waals surface area contributed by atoms with Crippen LogP contribution in [0.5, 0.6) is 0 Å². The molecule has 0 aromatic rings. The van der Waals surface area contributed by atoms with Crippen molar-refractivity contribution in [1.29, 1.82) is 0 Å². The lowest BCUT2D eigenvalue weighted by molar-refractivity contribution is -0.558. The van der Waals surface area contributed by atoms with Gasteiger partial charge in [0.05, 0.1) is 5.92 Å². The fraction of sp³-hybridized carbons (Fsp3) is 0.917. The molecular weight excluding hydrogens is 493 g/mol. The molecule has 1 unspecified atom stereocenters. The Bertz CT molecular complexity index is 642. The van der Waals surface area contributed by atoms with Gasteiger partial charge in [0, 0.05) is 0 Å². The van der Waals surface area contributed by atoms with Crippen LogP contribution in [-0.2, 0) is 19.0 Å². The third kappa shape index (κ3) is 5.98. The highest BCUT2D eigenvalue weighted by Crippen LogP contribution is 2.55. The van der Waals surface area contributed by atoms with E-state index in [0.717, 1.165) is 6.92 Å². The first-order valence-corrected chi connectivity index (χ1v) is 7.24. The number of carbonyl (C=O) groups is 1. The van der Waals surface area contributed by atoms with E-state index in [1.807, 2.05) is 4.74 Å². The summed E-state index contributed by atoms with van der Waals surface area (Å²) < 4.78 is 197. The highest BCUT2D eigenvalue weighted by molar-refractivity contribution is 5.72. The van der Waals surface area contributed by atoms with Crippen LogP contribution in [0.2, 0.25) is 0 Å². The summed E-state index contributed by atoms with van der Waals surface area (Å²) in [6.45, 7) is 2.03. The molecule has 0 radical (unpaired) electrons. The molecule has 0 amide bonds. The van der Waals surface area contributed by atoms with Crippen molar-refractivity contribution in [3.05, 3.63) is 0 Å². The molecule has 0 bridgehead atoms. The quantitative estimate of drug-likeness (QED) is 0.216. The molecule has 0 aromatic heterocycles. The summed E-state index contributed by atoms with van der Waals surface area (Å²) in [5, 5.41) is 0. The van der Waals surface area contributed by atoms with Gasteiger partial charge < -0.3 is 4.74 Å². The zero-order valence-corrected chi connectivity index (χ0v) is 14.6. The van der Waals surface area contributed by atoms with E-state index in [-0.39, 0.29) is 6.42 Å². The fourth-order valence-electron chi connectivity index (χ4n) is 1.26. The molecule has 31 heavy (non-hydrogen) atoms. The number of hydrogen-bond donors (Lipinski definition) is 0. The maximum atomic E-state index is 13.1. The highest BCUT2D eigenvalue weighted by atomic mass is 19.4. The minimum absolute atomic E-state index is 0.278. The third-order valence-electron chi connectivity index (χ3n) is 3.19. The number of ether oxygens (including phenoxy) is 3. The molecule has 0 rings (SSSR count). The zero-order valence-electron chi connectivity index (χ0n) is 14.6. The van der Waals surface area contributed by atoms with Gasteiger partial charge in [-0.1, -0.05) is 13.8 Å². The van der Waals surface area contributed by atoms with Crippen molar-refractivity contribution in [3.63, 3.8) is 0 Å². The van der Waals surface area contributed by atoms with Gasteiger partial charge in [-0.05, 0) is 6.42 Å². The first-order valence-electron chi connectivity index (χ1n) is 7.24. The van der Waals surface area contributed by atoms with Crippen LogP contribution in [0.4, 0.5) is 65.9 Å². The zero-order chi connectivity index (χ0) is 25.5. The fourth-order valence-corrected chi connectivity index (χ4v) is 1.26. The Labute approximate surface area is 161 Å². The van der Waals surface area contributed by atoms with E-state index in [1.54, 1.807) is 0 Å². The van der Waals surface area contributed by atoms with Gasteiger partial charge in [-0.15, -0.1) is 8.78 Å². The van der Waals surface area contributed by atoms with Crippen molar-refractivity contribution in [1.82, 2.24) is 0 Å². The second-order valence-corrected chi connectivity index (χ2v) is 5.59. The van der Waals surface area contributed by atoms with Crippen molar-refractivity contribution in [2.75, 3.05) is 0 Å². The monoisotopic (exact) mass is 502 g/mol. The molecule has 1 atom stereocenters. The van der Waals surface area contributed by atoms with Crippen LogP contribution >= 0.6 is 0 Å². The molecule has 4 nitrogen and oxygen atoms in total. The van der Waals surface area contributed by atoms with Gasteiger partial charge in [-0.3, -0.25) is 4.79 Å². The van der Waals surface area contributed by atoms with Crippen LogP contribution < -0.4 is 0 Å². The average Bonchev–Trinajstić information content (AvgIpc) is 2.49. The Balaban J connectivity index is 5.82. The summed E-state index contributed by atoms with van der Waals surface area (Å²) in [6, 6.07) is 0. The van der Waals surface area contributed by atoms with E-state index in [4.69, 9.17) is 0 Å². The highest BCUT2D eigenvalue weighted by Gasteiger charge is 2.85. The molecular formula is C12H9F15O4. The van der Waals surface area contributed by atoms with Crippen LogP contribution in [-0.4, -0.2) is 48.6 Å². The summed E-state index contributed by atoms with van der Waals surface area (Å²) in [7, 11) is 0. The van der Waals surface area contributed by atoms with Crippen molar-refractivity contribution in [2.24, 2.45) is 5.92 Å². The number of halogens is 15. The van der Waals surface area contributed by atoms with E-state index < -0.39 is 54.5 Å². The summed E-state index contributed by atoms with van der Waals surface area (Å²) in [5.41, 5.74) is 0. The number of hydrogen-bond acceptors (Lipinski definition) is 4. The topological polar surface area (TPSA) is 44.8 Å². The number of rotatable bonds is 10. The molecule has 0 saturated heterocycles.